The Kier molecular flexibility index (Phi) is 4.39. The van der Waals surface area contributed by atoms with E-state index >= 15 is 0 Å². The summed E-state index contributed by atoms with van der Waals surface area (Å²) in [5, 5.41) is 0. The number of nitrogens with zero attached hydrogens (tertiary/aromatic N) is 3. The zero-order chi connectivity index (χ0) is 15.7. The van der Waals surface area contributed by atoms with E-state index in [4.69, 9.17) is 4.74 Å². The van der Waals surface area contributed by atoms with Crippen LogP contribution in [0.1, 0.15) is 37.7 Å². The molecule has 3 fully saturated rings. The molecule has 0 amide bonds. The van der Waals surface area contributed by atoms with Gasteiger partial charge in [-0.05, 0) is 62.8 Å². The molecule has 0 aromatic carbocycles. The van der Waals surface area contributed by atoms with Crippen molar-refractivity contribution in [2.75, 3.05) is 33.3 Å². The van der Waals surface area contributed by atoms with Crippen LogP contribution in [-0.2, 0) is 11.3 Å². The molecule has 4 rings (SSSR count). The highest BCUT2D eigenvalue weighted by atomic mass is 16.5. The van der Waals surface area contributed by atoms with Gasteiger partial charge in [-0.3, -0.25) is 9.88 Å². The SMILES string of the molecule is CN(Cc1ccncc1)[C@@H]1COC2(CCN(CC3CC3)CC2)C1. The Bertz CT molecular complexity index is 509. The predicted octanol–water partition coefficient (Wildman–Crippen LogP) is 2.55. The van der Waals surface area contributed by atoms with Crippen molar-refractivity contribution in [3.8, 4) is 0 Å². The normalized spacial score (nSPS) is 27.8. The molecule has 23 heavy (non-hydrogen) atoms. The van der Waals surface area contributed by atoms with Gasteiger partial charge in [0.2, 0.25) is 0 Å². The van der Waals surface area contributed by atoms with Gasteiger partial charge < -0.3 is 9.64 Å². The van der Waals surface area contributed by atoms with Crippen molar-refractivity contribution in [2.24, 2.45) is 5.92 Å². The molecule has 3 heterocycles. The minimum atomic E-state index is 0.164. The fourth-order valence-corrected chi connectivity index (χ4v) is 4.17. The highest BCUT2D eigenvalue weighted by Gasteiger charge is 2.44. The molecule has 3 aliphatic rings. The van der Waals surface area contributed by atoms with Crippen LogP contribution in [0, 0.1) is 5.92 Å². The summed E-state index contributed by atoms with van der Waals surface area (Å²) in [5.41, 5.74) is 1.50. The van der Waals surface area contributed by atoms with Crippen molar-refractivity contribution in [2.45, 2.75) is 50.3 Å². The smallest absolute Gasteiger partial charge is 0.0723 e. The first-order valence-electron chi connectivity index (χ1n) is 9.18. The van der Waals surface area contributed by atoms with Gasteiger partial charge in [-0.1, -0.05) is 0 Å². The van der Waals surface area contributed by atoms with Gasteiger partial charge in [0.1, 0.15) is 0 Å². The molecular weight excluding hydrogens is 286 g/mol. The second kappa shape index (κ2) is 6.50. The van der Waals surface area contributed by atoms with Gasteiger partial charge in [0.25, 0.3) is 0 Å². The second-order valence-corrected chi connectivity index (χ2v) is 7.87. The van der Waals surface area contributed by atoms with E-state index in [0.29, 0.717) is 6.04 Å². The van der Waals surface area contributed by atoms with E-state index in [-0.39, 0.29) is 5.60 Å². The number of aromatic nitrogens is 1. The van der Waals surface area contributed by atoms with Crippen molar-refractivity contribution in [1.82, 2.24) is 14.8 Å². The first-order valence-corrected chi connectivity index (χ1v) is 9.18. The summed E-state index contributed by atoms with van der Waals surface area (Å²) in [4.78, 5) is 9.23. The molecule has 126 valence electrons. The monoisotopic (exact) mass is 315 g/mol. The van der Waals surface area contributed by atoms with Crippen molar-refractivity contribution in [3.63, 3.8) is 0 Å². The molecular formula is C19H29N3O. The lowest BCUT2D eigenvalue weighted by atomic mass is 9.87. The molecule has 0 radical (unpaired) electrons. The van der Waals surface area contributed by atoms with Gasteiger partial charge >= 0.3 is 0 Å². The summed E-state index contributed by atoms with van der Waals surface area (Å²) in [7, 11) is 2.23. The lowest BCUT2D eigenvalue weighted by Gasteiger charge is -2.39. The van der Waals surface area contributed by atoms with E-state index < -0.39 is 0 Å². The standard InChI is InChI=1S/C19H29N3O/c1-21(13-17-4-8-20-9-5-17)18-12-19(23-15-18)6-10-22(11-7-19)14-16-2-3-16/h4-5,8-9,16,18H,2-3,6-7,10-15H2,1H3/t18-/m0/s1. The topological polar surface area (TPSA) is 28.6 Å². The van der Waals surface area contributed by atoms with Gasteiger partial charge in [0, 0.05) is 44.6 Å². The number of likely N-dealkylation sites (tertiary alicyclic amines) is 1. The average molecular weight is 315 g/mol. The molecule has 1 saturated carbocycles. The molecule has 1 aromatic rings. The third kappa shape index (κ3) is 3.76. The highest BCUT2D eigenvalue weighted by Crippen LogP contribution is 2.39. The Labute approximate surface area is 139 Å². The van der Waals surface area contributed by atoms with E-state index in [2.05, 4.69) is 34.0 Å². The van der Waals surface area contributed by atoms with Crippen molar-refractivity contribution in [3.05, 3.63) is 30.1 Å². The van der Waals surface area contributed by atoms with Gasteiger partial charge in [-0.25, -0.2) is 0 Å². The van der Waals surface area contributed by atoms with E-state index in [0.717, 1.165) is 19.1 Å². The van der Waals surface area contributed by atoms with Gasteiger partial charge in [0.05, 0.1) is 12.2 Å². The molecule has 0 bridgehead atoms. The van der Waals surface area contributed by atoms with Crippen molar-refractivity contribution in [1.29, 1.82) is 0 Å². The number of ether oxygens (including phenoxy) is 1. The largest absolute Gasteiger partial charge is 0.373 e. The predicted molar refractivity (Wildman–Crippen MR) is 91.2 cm³/mol. The van der Waals surface area contributed by atoms with E-state index in [1.807, 2.05) is 12.4 Å². The Hall–Kier alpha value is -0.970. The molecule has 1 atom stereocenters. The van der Waals surface area contributed by atoms with E-state index in [1.54, 1.807) is 0 Å². The summed E-state index contributed by atoms with van der Waals surface area (Å²) < 4.78 is 6.34. The number of likely N-dealkylation sites (N-methyl/N-ethyl adjacent to an activating group) is 1. The van der Waals surface area contributed by atoms with Crippen LogP contribution in [0.25, 0.3) is 0 Å². The maximum atomic E-state index is 6.34. The summed E-state index contributed by atoms with van der Waals surface area (Å²) in [6, 6.07) is 4.77. The fourth-order valence-electron chi connectivity index (χ4n) is 4.17. The zero-order valence-electron chi connectivity index (χ0n) is 14.3. The Morgan fingerprint density at radius 3 is 2.70 bits per heavy atom. The summed E-state index contributed by atoms with van der Waals surface area (Å²) >= 11 is 0. The van der Waals surface area contributed by atoms with Crippen LogP contribution in [0.15, 0.2) is 24.5 Å². The Morgan fingerprint density at radius 2 is 2.00 bits per heavy atom. The van der Waals surface area contributed by atoms with Crippen molar-refractivity contribution < 1.29 is 4.74 Å². The summed E-state index contributed by atoms with van der Waals surface area (Å²) in [6.07, 6.45) is 10.3. The quantitative estimate of drug-likeness (QED) is 0.835. The third-order valence-electron chi connectivity index (χ3n) is 5.97. The van der Waals surface area contributed by atoms with Crippen LogP contribution in [0.4, 0.5) is 0 Å². The van der Waals surface area contributed by atoms with Crippen LogP contribution in [-0.4, -0.2) is 59.7 Å². The summed E-state index contributed by atoms with van der Waals surface area (Å²) in [5.74, 6) is 1.01. The number of pyridine rings is 1. The minimum absolute atomic E-state index is 0.164. The van der Waals surface area contributed by atoms with Gasteiger partial charge in [0.15, 0.2) is 0 Å². The number of hydrogen-bond donors (Lipinski definition) is 0. The average Bonchev–Trinajstić information content (AvgIpc) is 3.30. The molecule has 0 N–H and O–H groups in total. The first kappa shape index (κ1) is 15.6. The molecule has 2 aliphatic heterocycles. The molecule has 2 saturated heterocycles. The lowest BCUT2D eigenvalue weighted by Crippen LogP contribution is -2.45. The zero-order valence-corrected chi connectivity index (χ0v) is 14.3. The highest BCUT2D eigenvalue weighted by molar-refractivity contribution is 5.10. The maximum absolute atomic E-state index is 6.34. The summed E-state index contributed by atoms with van der Waals surface area (Å²) in [6.45, 7) is 5.68. The third-order valence-corrected chi connectivity index (χ3v) is 5.97. The molecule has 1 spiro atoms. The maximum Gasteiger partial charge on any atom is 0.0723 e. The van der Waals surface area contributed by atoms with Crippen LogP contribution in [0.3, 0.4) is 0 Å². The Balaban J connectivity index is 1.28. The lowest BCUT2D eigenvalue weighted by molar-refractivity contribution is -0.0444. The molecule has 4 heteroatoms. The molecule has 0 unspecified atom stereocenters. The van der Waals surface area contributed by atoms with E-state index in [9.17, 15) is 0 Å². The fraction of sp³-hybridized carbons (Fsp3) is 0.737. The van der Waals surface area contributed by atoms with Crippen LogP contribution >= 0.6 is 0 Å². The van der Waals surface area contributed by atoms with Gasteiger partial charge in [-0.15, -0.1) is 0 Å². The number of hydrogen-bond acceptors (Lipinski definition) is 4. The van der Waals surface area contributed by atoms with Crippen LogP contribution in [0.2, 0.25) is 0 Å². The minimum Gasteiger partial charge on any atom is -0.373 e. The molecule has 1 aromatic heterocycles. The molecule has 4 nitrogen and oxygen atoms in total. The first-order chi connectivity index (χ1) is 11.2. The van der Waals surface area contributed by atoms with Gasteiger partial charge in [-0.2, -0.15) is 0 Å². The number of piperidine rings is 1. The van der Waals surface area contributed by atoms with Crippen LogP contribution < -0.4 is 0 Å². The second-order valence-electron chi connectivity index (χ2n) is 7.87. The van der Waals surface area contributed by atoms with E-state index in [1.165, 1.54) is 57.3 Å². The Morgan fingerprint density at radius 1 is 1.26 bits per heavy atom. The number of rotatable bonds is 5. The van der Waals surface area contributed by atoms with Crippen molar-refractivity contribution >= 4 is 0 Å². The van der Waals surface area contributed by atoms with Crippen LogP contribution in [0.5, 0.6) is 0 Å². The molecule has 1 aliphatic carbocycles.